The minimum absolute atomic E-state index is 0.616. The number of nitrogens with one attached hydrogen (secondary N) is 1. The van der Waals surface area contributed by atoms with Crippen molar-refractivity contribution in [3.8, 4) is 0 Å². The minimum atomic E-state index is 0.616. The van der Waals surface area contributed by atoms with Crippen LogP contribution in [0.5, 0.6) is 0 Å². The van der Waals surface area contributed by atoms with E-state index in [1.165, 1.54) is 44.7 Å². The lowest BCUT2D eigenvalue weighted by Crippen LogP contribution is -2.52. The number of benzene rings is 1. The predicted molar refractivity (Wildman–Crippen MR) is 84.0 cm³/mol. The maximum atomic E-state index is 3.68. The maximum Gasteiger partial charge on any atom is 0.0235 e. The van der Waals surface area contributed by atoms with Crippen molar-refractivity contribution in [2.24, 2.45) is 5.92 Å². The second-order valence-corrected chi connectivity index (χ2v) is 6.52. The van der Waals surface area contributed by atoms with Crippen LogP contribution in [0.1, 0.15) is 12.0 Å². The van der Waals surface area contributed by atoms with Crippen molar-refractivity contribution < 1.29 is 0 Å². The molecule has 3 nitrogen and oxygen atoms in total. The van der Waals surface area contributed by atoms with E-state index in [2.05, 4.69) is 52.5 Å². The van der Waals surface area contributed by atoms with Gasteiger partial charge in [0.2, 0.25) is 0 Å². The van der Waals surface area contributed by atoms with E-state index in [0.717, 1.165) is 18.9 Å². The van der Waals surface area contributed by atoms with Crippen LogP contribution in [0.4, 0.5) is 0 Å². The van der Waals surface area contributed by atoms with Crippen molar-refractivity contribution in [1.29, 1.82) is 0 Å². The van der Waals surface area contributed by atoms with E-state index in [0.29, 0.717) is 6.04 Å². The van der Waals surface area contributed by atoms with Gasteiger partial charge in [-0.1, -0.05) is 30.3 Å². The molecule has 2 aliphatic heterocycles. The van der Waals surface area contributed by atoms with E-state index in [9.17, 15) is 0 Å². The normalized spacial score (nSPS) is 28.9. The number of nitrogens with zero attached hydrogens (tertiary/aromatic N) is 2. The molecule has 2 saturated heterocycles. The third-order valence-corrected chi connectivity index (χ3v) is 4.67. The summed E-state index contributed by atoms with van der Waals surface area (Å²) < 4.78 is 0. The van der Waals surface area contributed by atoms with Crippen molar-refractivity contribution in [2.75, 3.05) is 46.3 Å². The Morgan fingerprint density at radius 3 is 2.75 bits per heavy atom. The molecule has 2 fully saturated rings. The van der Waals surface area contributed by atoms with Gasteiger partial charge in [0, 0.05) is 38.8 Å². The molecule has 0 saturated carbocycles. The second kappa shape index (κ2) is 6.70. The van der Waals surface area contributed by atoms with Crippen LogP contribution < -0.4 is 5.32 Å². The number of rotatable bonds is 4. The van der Waals surface area contributed by atoms with Crippen LogP contribution in [0.15, 0.2) is 30.3 Å². The average Bonchev–Trinajstić information content (AvgIpc) is 2.86. The number of piperazine rings is 1. The summed E-state index contributed by atoms with van der Waals surface area (Å²) in [6.07, 6.45) is 2.53. The largest absolute Gasteiger partial charge is 0.311 e. The van der Waals surface area contributed by atoms with Crippen molar-refractivity contribution in [2.45, 2.75) is 18.9 Å². The molecule has 2 heterocycles. The van der Waals surface area contributed by atoms with Crippen molar-refractivity contribution in [3.63, 3.8) is 0 Å². The summed E-state index contributed by atoms with van der Waals surface area (Å²) in [7, 11) is 2.25. The summed E-state index contributed by atoms with van der Waals surface area (Å²) in [5.41, 5.74) is 1.45. The van der Waals surface area contributed by atoms with Crippen molar-refractivity contribution >= 4 is 0 Å². The monoisotopic (exact) mass is 273 g/mol. The third kappa shape index (κ3) is 3.81. The van der Waals surface area contributed by atoms with E-state index in [4.69, 9.17) is 0 Å². The Balaban J connectivity index is 1.49. The minimum Gasteiger partial charge on any atom is -0.311 e. The van der Waals surface area contributed by atoms with E-state index in [-0.39, 0.29) is 0 Å². The van der Waals surface area contributed by atoms with Gasteiger partial charge in [0.25, 0.3) is 0 Å². The molecule has 2 atom stereocenters. The molecule has 2 aliphatic rings. The molecule has 0 radical (unpaired) electrons. The molecule has 0 bridgehead atoms. The standard InChI is InChI=1S/C17H27N3/c1-19-9-7-16(12-19)13-20-10-8-18-17(14-20)11-15-5-3-2-4-6-15/h2-6,16-18H,7-14H2,1H3. The lowest BCUT2D eigenvalue weighted by Gasteiger charge is -2.35. The van der Waals surface area contributed by atoms with Crippen LogP contribution in [-0.2, 0) is 6.42 Å². The molecule has 20 heavy (non-hydrogen) atoms. The fourth-order valence-corrected chi connectivity index (χ4v) is 3.64. The van der Waals surface area contributed by atoms with Crippen molar-refractivity contribution in [3.05, 3.63) is 35.9 Å². The lowest BCUT2D eigenvalue weighted by atomic mass is 10.0. The van der Waals surface area contributed by atoms with Gasteiger partial charge in [0.15, 0.2) is 0 Å². The Labute approximate surface area is 123 Å². The molecule has 0 aromatic heterocycles. The zero-order chi connectivity index (χ0) is 13.8. The van der Waals surface area contributed by atoms with Crippen LogP contribution in [-0.4, -0.2) is 62.2 Å². The smallest absolute Gasteiger partial charge is 0.0235 e. The first-order valence-corrected chi connectivity index (χ1v) is 7.98. The van der Waals surface area contributed by atoms with Gasteiger partial charge >= 0.3 is 0 Å². The van der Waals surface area contributed by atoms with E-state index in [1.54, 1.807) is 0 Å². The lowest BCUT2D eigenvalue weighted by molar-refractivity contribution is 0.173. The Morgan fingerprint density at radius 2 is 2.00 bits per heavy atom. The first kappa shape index (κ1) is 14.1. The number of hydrogen-bond donors (Lipinski definition) is 1. The van der Waals surface area contributed by atoms with Gasteiger partial charge in [-0.2, -0.15) is 0 Å². The molecule has 110 valence electrons. The molecular weight excluding hydrogens is 246 g/mol. The quantitative estimate of drug-likeness (QED) is 0.896. The van der Waals surface area contributed by atoms with Gasteiger partial charge < -0.3 is 15.1 Å². The van der Waals surface area contributed by atoms with Crippen LogP contribution in [0.2, 0.25) is 0 Å². The van der Waals surface area contributed by atoms with Gasteiger partial charge in [-0.25, -0.2) is 0 Å². The predicted octanol–water partition coefficient (Wildman–Crippen LogP) is 1.45. The summed E-state index contributed by atoms with van der Waals surface area (Å²) in [5.74, 6) is 0.885. The van der Waals surface area contributed by atoms with E-state index >= 15 is 0 Å². The molecule has 0 spiro atoms. The van der Waals surface area contributed by atoms with Crippen LogP contribution in [0.25, 0.3) is 0 Å². The Kier molecular flexibility index (Phi) is 4.71. The molecular formula is C17H27N3. The Morgan fingerprint density at radius 1 is 1.15 bits per heavy atom. The fraction of sp³-hybridized carbons (Fsp3) is 0.647. The molecule has 2 unspecified atom stereocenters. The van der Waals surface area contributed by atoms with E-state index in [1.807, 2.05) is 0 Å². The number of hydrogen-bond acceptors (Lipinski definition) is 3. The molecule has 3 rings (SSSR count). The van der Waals surface area contributed by atoms with Gasteiger partial charge in [-0.3, -0.25) is 0 Å². The molecule has 1 N–H and O–H groups in total. The van der Waals surface area contributed by atoms with Gasteiger partial charge in [0.05, 0.1) is 0 Å². The highest BCUT2D eigenvalue weighted by atomic mass is 15.2. The average molecular weight is 273 g/mol. The zero-order valence-electron chi connectivity index (χ0n) is 12.6. The van der Waals surface area contributed by atoms with Gasteiger partial charge in [-0.15, -0.1) is 0 Å². The second-order valence-electron chi connectivity index (χ2n) is 6.52. The van der Waals surface area contributed by atoms with Gasteiger partial charge in [0.1, 0.15) is 0 Å². The molecule has 0 amide bonds. The first-order valence-electron chi connectivity index (χ1n) is 7.98. The topological polar surface area (TPSA) is 18.5 Å². The van der Waals surface area contributed by atoms with Crippen LogP contribution in [0.3, 0.4) is 0 Å². The SMILES string of the molecule is CN1CCC(CN2CCNC(Cc3ccccc3)C2)C1. The first-order chi connectivity index (χ1) is 9.79. The summed E-state index contributed by atoms with van der Waals surface area (Å²) in [5, 5.41) is 3.68. The summed E-state index contributed by atoms with van der Waals surface area (Å²) in [6, 6.07) is 11.5. The highest BCUT2D eigenvalue weighted by molar-refractivity contribution is 5.16. The molecule has 1 aromatic rings. The number of likely N-dealkylation sites (tertiary alicyclic amines) is 1. The van der Waals surface area contributed by atoms with Crippen LogP contribution >= 0.6 is 0 Å². The Bertz CT molecular complexity index is 406. The zero-order valence-corrected chi connectivity index (χ0v) is 12.6. The highest BCUT2D eigenvalue weighted by Gasteiger charge is 2.25. The summed E-state index contributed by atoms with van der Waals surface area (Å²) in [6.45, 7) is 7.41. The summed E-state index contributed by atoms with van der Waals surface area (Å²) >= 11 is 0. The molecule has 3 heteroatoms. The molecule has 1 aromatic carbocycles. The Hall–Kier alpha value is -0.900. The van der Waals surface area contributed by atoms with Crippen molar-refractivity contribution in [1.82, 2.24) is 15.1 Å². The van der Waals surface area contributed by atoms with Crippen LogP contribution in [0, 0.1) is 5.92 Å². The van der Waals surface area contributed by atoms with Gasteiger partial charge in [-0.05, 0) is 37.9 Å². The fourth-order valence-electron chi connectivity index (χ4n) is 3.64. The highest BCUT2D eigenvalue weighted by Crippen LogP contribution is 2.17. The van der Waals surface area contributed by atoms with E-state index < -0.39 is 0 Å². The summed E-state index contributed by atoms with van der Waals surface area (Å²) in [4.78, 5) is 5.14. The third-order valence-electron chi connectivity index (χ3n) is 4.67. The molecule has 0 aliphatic carbocycles. The maximum absolute atomic E-state index is 3.68.